The Morgan fingerprint density at radius 3 is 2.67 bits per heavy atom. The zero-order valence-corrected chi connectivity index (χ0v) is 9.78. The van der Waals surface area contributed by atoms with Gasteiger partial charge < -0.3 is 0 Å². The van der Waals surface area contributed by atoms with E-state index >= 15 is 0 Å². The number of halogens is 1. The summed E-state index contributed by atoms with van der Waals surface area (Å²) in [7, 11) is 0. The van der Waals surface area contributed by atoms with Crippen molar-refractivity contribution in [1.82, 2.24) is 0 Å². The van der Waals surface area contributed by atoms with Crippen molar-refractivity contribution in [2.45, 2.75) is 18.7 Å². The lowest BCUT2D eigenvalue weighted by Crippen LogP contribution is -2.03. The fourth-order valence-corrected chi connectivity index (χ4v) is 1.59. The Hall–Kier alpha value is -1.23. The minimum Gasteiger partial charge on any atom is -0.294 e. The summed E-state index contributed by atoms with van der Waals surface area (Å²) in [6.07, 6.45) is 0.270. The van der Waals surface area contributed by atoms with E-state index in [1.807, 2.05) is 0 Å². The molecule has 0 aliphatic heterocycles. The molecule has 15 heavy (non-hydrogen) atoms. The van der Waals surface area contributed by atoms with Crippen molar-refractivity contribution in [2.24, 2.45) is 0 Å². The number of benzene rings is 1. The van der Waals surface area contributed by atoms with Crippen molar-refractivity contribution in [3.8, 4) is 0 Å². The average molecular weight is 272 g/mol. The van der Waals surface area contributed by atoms with Gasteiger partial charge in [0.15, 0.2) is 5.78 Å². The van der Waals surface area contributed by atoms with E-state index in [1.54, 1.807) is 19.1 Å². The molecule has 0 radical (unpaired) electrons. The zero-order valence-electron chi connectivity index (χ0n) is 8.20. The van der Waals surface area contributed by atoms with Crippen LogP contribution >= 0.6 is 15.9 Å². The van der Waals surface area contributed by atoms with Crippen LogP contribution in [0.3, 0.4) is 0 Å². The number of hydrogen-bond donors (Lipinski definition) is 0. The van der Waals surface area contributed by atoms with Gasteiger partial charge in [-0.05, 0) is 11.6 Å². The first-order valence-corrected chi connectivity index (χ1v) is 5.58. The molecule has 80 valence electrons. The van der Waals surface area contributed by atoms with Crippen LogP contribution in [0.1, 0.15) is 29.3 Å². The molecule has 5 heteroatoms. The number of hydrogen-bond acceptors (Lipinski definition) is 3. The van der Waals surface area contributed by atoms with Gasteiger partial charge in [-0.15, -0.1) is 0 Å². The van der Waals surface area contributed by atoms with Crippen LogP contribution in [0.4, 0.5) is 5.69 Å². The molecule has 0 saturated carbocycles. The van der Waals surface area contributed by atoms with Crippen molar-refractivity contribution in [2.75, 3.05) is 0 Å². The Morgan fingerprint density at radius 1 is 1.53 bits per heavy atom. The van der Waals surface area contributed by atoms with Crippen molar-refractivity contribution in [1.29, 1.82) is 0 Å². The lowest BCUT2D eigenvalue weighted by molar-refractivity contribution is -0.385. The predicted octanol–water partition coefficient (Wildman–Crippen LogP) is 3.08. The van der Waals surface area contributed by atoms with Gasteiger partial charge in [-0.3, -0.25) is 14.9 Å². The lowest BCUT2D eigenvalue weighted by Gasteiger charge is -2.02. The highest BCUT2D eigenvalue weighted by molar-refractivity contribution is 9.08. The summed E-state index contributed by atoms with van der Waals surface area (Å²) >= 11 is 3.24. The predicted molar refractivity (Wildman–Crippen MR) is 60.3 cm³/mol. The summed E-state index contributed by atoms with van der Waals surface area (Å²) in [5.74, 6) is -0.204. The highest BCUT2D eigenvalue weighted by atomic mass is 79.9. The molecule has 4 nitrogen and oxygen atoms in total. The van der Waals surface area contributed by atoms with E-state index in [9.17, 15) is 14.9 Å². The average Bonchev–Trinajstić information content (AvgIpc) is 2.26. The third kappa shape index (κ3) is 2.62. The summed E-state index contributed by atoms with van der Waals surface area (Å²) < 4.78 is 0. The maximum atomic E-state index is 11.5. The van der Waals surface area contributed by atoms with E-state index in [1.165, 1.54) is 6.07 Å². The molecule has 0 aliphatic carbocycles. The van der Waals surface area contributed by atoms with Crippen LogP contribution in [-0.4, -0.2) is 10.7 Å². The van der Waals surface area contributed by atoms with Gasteiger partial charge in [-0.1, -0.05) is 28.9 Å². The SMILES string of the molecule is CCC(=O)c1cc(CBr)ccc1[N+](=O)[O-]. The Labute approximate surface area is 95.6 Å². The van der Waals surface area contributed by atoms with Crippen LogP contribution in [0.25, 0.3) is 0 Å². The molecule has 0 aliphatic rings. The molecular weight excluding hydrogens is 262 g/mol. The number of nitro groups is 1. The molecule has 0 unspecified atom stereocenters. The number of carbonyl (C=O) groups is 1. The molecule has 0 N–H and O–H groups in total. The minimum atomic E-state index is -0.527. The van der Waals surface area contributed by atoms with Crippen LogP contribution < -0.4 is 0 Å². The third-order valence-corrected chi connectivity index (χ3v) is 2.68. The van der Waals surface area contributed by atoms with Crippen molar-refractivity contribution >= 4 is 27.4 Å². The third-order valence-electron chi connectivity index (χ3n) is 2.03. The molecule has 0 saturated heterocycles. The smallest absolute Gasteiger partial charge is 0.280 e. The number of nitro benzene ring substituents is 1. The molecule has 0 amide bonds. The molecule has 0 bridgehead atoms. The highest BCUT2D eigenvalue weighted by Crippen LogP contribution is 2.22. The quantitative estimate of drug-likeness (QED) is 0.366. The van der Waals surface area contributed by atoms with Gasteiger partial charge in [-0.2, -0.15) is 0 Å². The van der Waals surface area contributed by atoms with Crippen molar-refractivity contribution in [3.05, 3.63) is 39.4 Å². The number of nitrogens with zero attached hydrogens (tertiary/aromatic N) is 1. The summed E-state index contributed by atoms with van der Waals surface area (Å²) in [5, 5.41) is 11.3. The molecule has 1 rings (SSSR count). The number of rotatable bonds is 4. The summed E-state index contributed by atoms with van der Waals surface area (Å²) in [6, 6.07) is 4.58. The Morgan fingerprint density at radius 2 is 2.20 bits per heavy atom. The number of alkyl halides is 1. The first-order valence-electron chi connectivity index (χ1n) is 4.46. The standard InChI is InChI=1S/C10H10BrNO3/c1-2-10(13)8-5-7(6-11)3-4-9(8)12(14)15/h3-5H,2,6H2,1H3. The van der Waals surface area contributed by atoms with Gasteiger partial charge >= 0.3 is 0 Å². The van der Waals surface area contributed by atoms with E-state index < -0.39 is 4.92 Å². The van der Waals surface area contributed by atoms with Crippen molar-refractivity contribution in [3.63, 3.8) is 0 Å². The van der Waals surface area contributed by atoms with Gasteiger partial charge in [0.1, 0.15) is 0 Å². The minimum absolute atomic E-state index is 0.119. The fraction of sp³-hybridized carbons (Fsp3) is 0.300. The fourth-order valence-electron chi connectivity index (χ4n) is 1.24. The van der Waals surface area contributed by atoms with Gasteiger partial charge in [-0.25, -0.2) is 0 Å². The summed E-state index contributed by atoms with van der Waals surface area (Å²) in [5.41, 5.74) is 0.934. The molecule has 1 aromatic carbocycles. The van der Waals surface area contributed by atoms with Gasteiger partial charge in [0.25, 0.3) is 5.69 Å². The molecular formula is C10H10BrNO3. The largest absolute Gasteiger partial charge is 0.294 e. The second-order valence-electron chi connectivity index (χ2n) is 3.02. The van der Waals surface area contributed by atoms with Gasteiger partial charge in [0.2, 0.25) is 0 Å². The monoisotopic (exact) mass is 271 g/mol. The summed E-state index contributed by atoms with van der Waals surface area (Å²) in [4.78, 5) is 21.6. The number of ketones is 1. The van der Waals surface area contributed by atoms with Crippen LogP contribution in [0, 0.1) is 10.1 Å². The first-order chi connectivity index (χ1) is 7.10. The molecule has 0 atom stereocenters. The first kappa shape index (κ1) is 11.8. The summed E-state index contributed by atoms with van der Waals surface area (Å²) in [6.45, 7) is 1.69. The van der Waals surface area contributed by atoms with E-state index in [-0.39, 0.29) is 23.5 Å². The molecule has 0 fully saturated rings. The molecule has 0 spiro atoms. The second kappa shape index (κ2) is 5.02. The van der Waals surface area contributed by atoms with Crippen molar-refractivity contribution < 1.29 is 9.72 Å². The second-order valence-corrected chi connectivity index (χ2v) is 3.58. The van der Waals surface area contributed by atoms with E-state index in [4.69, 9.17) is 0 Å². The van der Waals surface area contributed by atoms with Crippen LogP contribution in [-0.2, 0) is 5.33 Å². The Bertz CT molecular complexity index is 404. The van der Waals surface area contributed by atoms with E-state index in [0.717, 1.165) is 5.56 Å². The Balaban J connectivity index is 3.28. The van der Waals surface area contributed by atoms with Gasteiger partial charge in [0.05, 0.1) is 10.5 Å². The maximum Gasteiger partial charge on any atom is 0.280 e. The maximum absolute atomic E-state index is 11.5. The molecule has 0 aromatic heterocycles. The van der Waals surface area contributed by atoms with Crippen LogP contribution in [0.5, 0.6) is 0 Å². The van der Waals surface area contributed by atoms with Gasteiger partial charge in [0, 0.05) is 17.8 Å². The van der Waals surface area contributed by atoms with E-state index in [2.05, 4.69) is 15.9 Å². The topological polar surface area (TPSA) is 60.2 Å². The lowest BCUT2D eigenvalue weighted by atomic mass is 10.0. The molecule has 0 heterocycles. The highest BCUT2D eigenvalue weighted by Gasteiger charge is 2.18. The normalized spacial score (nSPS) is 10.0. The number of carbonyl (C=O) groups excluding carboxylic acids is 1. The zero-order chi connectivity index (χ0) is 11.4. The molecule has 1 aromatic rings. The van der Waals surface area contributed by atoms with Crippen LogP contribution in [0.2, 0.25) is 0 Å². The van der Waals surface area contributed by atoms with E-state index in [0.29, 0.717) is 5.33 Å². The van der Waals surface area contributed by atoms with Crippen LogP contribution in [0.15, 0.2) is 18.2 Å². The number of Topliss-reactive ketones (excluding diaryl/α,β-unsaturated/α-hetero) is 1. The Kier molecular flexibility index (Phi) is 3.96.